The monoisotopic (exact) mass is 1090 g/mol. The van der Waals surface area contributed by atoms with Gasteiger partial charge in [-0.3, -0.25) is 14.4 Å². The molecule has 0 amide bonds. The summed E-state index contributed by atoms with van der Waals surface area (Å²) >= 11 is 0. The maximum Gasteiger partial charge on any atom is 0.306 e. The Labute approximate surface area is 484 Å². The molecule has 0 bridgehead atoms. The van der Waals surface area contributed by atoms with E-state index in [1.165, 1.54) is 212 Å². The number of esters is 3. The molecule has 0 rings (SSSR count). The summed E-state index contributed by atoms with van der Waals surface area (Å²) in [6.07, 6.45) is 86.8. The lowest BCUT2D eigenvalue weighted by Gasteiger charge is -2.18. The van der Waals surface area contributed by atoms with Crippen LogP contribution in [0.1, 0.15) is 348 Å². The number of allylic oxidation sites excluding steroid dienone is 12. The van der Waals surface area contributed by atoms with Gasteiger partial charge >= 0.3 is 17.9 Å². The zero-order valence-electron chi connectivity index (χ0n) is 51.9. The quantitative estimate of drug-likeness (QED) is 0.0261. The summed E-state index contributed by atoms with van der Waals surface area (Å²) < 4.78 is 16.8. The Morgan fingerprint density at radius 1 is 0.269 bits per heavy atom. The van der Waals surface area contributed by atoms with Crippen molar-refractivity contribution in [2.45, 2.75) is 354 Å². The van der Waals surface area contributed by atoms with Crippen molar-refractivity contribution in [1.82, 2.24) is 0 Å². The first-order valence-corrected chi connectivity index (χ1v) is 33.9. The van der Waals surface area contributed by atoms with Crippen molar-refractivity contribution in [2.24, 2.45) is 0 Å². The predicted octanol–water partition coefficient (Wildman–Crippen LogP) is 23.3. The fourth-order valence-corrected chi connectivity index (χ4v) is 9.88. The van der Waals surface area contributed by atoms with Crippen LogP contribution in [0, 0.1) is 0 Å². The standard InChI is InChI=1S/C72H128O6/c1-4-7-10-13-16-18-20-22-24-26-28-29-30-31-32-33-34-35-36-37-38-39-40-41-42-43-44-46-47-49-51-53-56-59-62-65-71(74)77-68-69(67-76-70(73)64-61-58-55-15-12-9-6-3)78-72(75)66-63-60-57-54-52-50-48-45-27-25-23-21-19-17-14-11-8-5-2/h7,10,16,18-19,21-22,24-25,27-29,69H,4-6,8-9,11-15,17,20,23,26,30-68H2,1-3H3/b10-7-,18-16-,21-19-,24-22-,27-25-,29-28-. The second-order valence-corrected chi connectivity index (χ2v) is 22.7. The first-order chi connectivity index (χ1) is 38.5. The van der Waals surface area contributed by atoms with E-state index in [4.69, 9.17) is 14.2 Å². The lowest BCUT2D eigenvalue weighted by molar-refractivity contribution is -0.167. The predicted molar refractivity (Wildman–Crippen MR) is 339 cm³/mol. The molecule has 0 heterocycles. The summed E-state index contributed by atoms with van der Waals surface area (Å²) in [6.45, 7) is 6.50. The first kappa shape index (κ1) is 74.8. The molecule has 0 aliphatic rings. The molecule has 0 aromatic heterocycles. The molecule has 0 spiro atoms. The van der Waals surface area contributed by atoms with Crippen molar-refractivity contribution >= 4 is 17.9 Å². The number of carbonyl (C=O) groups excluding carboxylic acids is 3. The molecule has 0 N–H and O–H groups in total. The Balaban J connectivity index is 3.97. The van der Waals surface area contributed by atoms with Crippen molar-refractivity contribution in [3.63, 3.8) is 0 Å². The summed E-state index contributed by atoms with van der Waals surface area (Å²) in [5.74, 6) is -0.870. The average Bonchev–Trinajstić information content (AvgIpc) is 3.44. The van der Waals surface area contributed by atoms with Gasteiger partial charge in [-0.25, -0.2) is 0 Å². The van der Waals surface area contributed by atoms with Crippen molar-refractivity contribution in [3.8, 4) is 0 Å². The van der Waals surface area contributed by atoms with Gasteiger partial charge in [0.05, 0.1) is 0 Å². The van der Waals surface area contributed by atoms with Crippen LogP contribution >= 0.6 is 0 Å². The van der Waals surface area contributed by atoms with Crippen molar-refractivity contribution in [3.05, 3.63) is 72.9 Å². The van der Waals surface area contributed by atoms with E-state index in [2.05, 4.69) is 93.7 Å². The van der Waals surface area contributed by atoms with Crippen LogP contribution in [0.3, 0.4) is 0 Å². The number of hydrogen-bond donors (Lipinski definition) is 0. The SMILES string of the molecule is CC/C=C\C/C=C\C/C=C\C/C=C\CCCCCCCCCCCCCCCCCCCCCCCCC(=O)OCC(COC(=O)CCCCCCCCC)OC(=O)CCCCCCCCC/C=C\C/C=C\CCCCCC. The molecule has 0 aromatic carbocycles. The Morgan fingerprint density at radius 3 is 0.795 bits per heavy atom. The number of unbranched alkanes of at least 4 members (excludes halogenated alkanes) is 39. The maximum atomic E-state index is 12.8. The summed E-state index contributed by atoms with van der Waals surface area (Å²) in [7, 11) is 0. The molecule has 0 saturated carbocycles. The van der Waals surface area contributed by atoms with Gasteiger partial charge in [-0.05, 0) is 89.9 Å². The number of rotatable bonds is 62. The Bertz CT molecular complexity index is 1440. The highest BCUT2D eigenvalue weighted by Crippen LogP contribution is 2.18. The normalized spacial score (nSPS) is 12.5. The second kappa shape index (κ2) is 66.4. The highest BCUT2D eigenvalue weighted by atomic mass is 16.6. The highest BCUT2D eigenvalue weighted by Gasteiger charge is 2.19. The Kier molecular flexibility index (Phi) is 63.7. The van der Waals surface area contributed by atoms with E-state index >= 15 is 0 Å². The van der Waals surface area contributed by atoms with E-state index in [1.807, 2.05) is 0 Å². The topological polar surface area (TPSA) is 78.9 Å². The molecular weight excluding hydrogens is 961 g/mol. The first-order valence-electron chi connectivity index (χ1n) is 33.9. The molecule has 78 heavy (non-hydrogen) atoms. The van der Waals surface area contributed by atoms with Crippen LogP contribution in [0.5, 0.6) is 0 Å². The van der Waals surface area contributed by atoms with Crippen molar-refractivity contribution in [2.75, 3.05) is 13.2 Å². The van der Waals surface area contributed by atoms with Gasteiger partial charge in [0.25, 0.3) is 0 Å². The van der Waals surface area contributed by atoms with Crippen LogP contribution in [0.4, 0.5) is 0 Å². The third-order valence-corrected chi connectivity index (χ3v) is 14.9. The summed E-state index contributed by atoms with van der Waals surface area (Å²) in [4.78, 5) is 38.1. The molecule has 6 heteroatoms. The average molecular weight is 1090 g/mol. The molecule has 0 radical (unpaired) electrons. The molecular formula is C72H128O6. The third kappa shape index (κ3) is 63.7. The van der Waals surface area contributed by atoms with Crippen LogP contribution in [0.15, 0.2) is 72.9 Å². The van der Waals surface area contributed by atoms with E-state index < -0.39 is 6.10 Å². The number of ether oxygens (including phenoxy) is 3. The smallest absolute Gasteiger partial charge is 0.306 e. The molecule has 1 unspecified atom stereocenters. The molecule has 0 saturated heterocycles. The third-order valence-electron chi connectivity index (χ3n) is 14.9. The Morgan fingerprint density at radius 2 is 0.500 bits per heavy atom. The molecule has 0 aliphatic carbocycles. The van der Waals surface area contributed by atoms with Crippen LogP contribution in [-0.4, -0.2) is 37.2 Å². The Hall–Kier alpha value is -3.15. The lowest BCUT2D eigenvalue weighted by Crippen LogP contribution is -2.30. The number of hydrogen-bond acceptors (Lipinski definition) is 6. The van der Waals surface area contributed by atoms with Gasteiger partial charge in [0.1, 0.15) is 13.2 Å². The van der Waals surface area contributed by atoms with Crippen LogP contribution in [0.2, 0.25) is 0 Å². The van der Waals surface area contributed by atoms with E-state index in [0.29, 0.717) is 19.3 Å². The van der Waals surface area contributed by atoms with E-state index in [1.54, 1.807) is 0 Å². The van der Waals surface area contributed by atoms with Gasteiger partial charge < -0.3 is 14.2 Å². The van der Waals surface area contributed by atoms with Gasteiger partial charge in [-0.15, -0.1) is 0 Å². The molecule has 1 atom stereocenters. The molecule has 452 valence electrons. The molecule has 0 aliphatic heterocycles. The van der Waals surface area contributed by atoms with Gasteiger partial charge in [-0.2, -0.15) is 0 Å². The molecule has 0 aromatic rings. The van der Waals surface area contributed by atoms with Crippen LogP contribution in [-0.2, 0) is 28.6 Å². The van der Waals surface area contributed by atoms with E-state index in [9.17, 15) is 14.4 Å². The highest BCUT2D eigenvalue weighted by molar-refractivity contribution is 5.71. The fraction of sp³-hybridized carbons (Fsp3) is 0.792. The maximum absolute atomic E-state index is 12.8. The molecule has 0 fully saturated rings. The minimum atomic E-state index is -0.774. The van der Waals surface area contributed by atoms with E-state index in [0.717, 1.165) is 96.3 Å². The minimum Gasteiger partial charge on any atom is -0.462 e. The summed E-state index contributed by atoms with van der Waals surface area (Å²) in [6, 6.07) is 0. The van der Waals surface area contributed by atoms with Gasteiger partial charge in [0, 0.05) is 19.3 Å². The molecule has 6 nitrogen and oxygen atoms in total. The number of carbonyl (C=O) groups is 3. The zero-order chi connectivity index (χ0) is 56.4. The second-order valence-electron chi connectivity index (χ2n) is 22.7. The van der Waals surface area contributed by atoms with Crippen molar-refractivity contribution < 1.29 is 28.6 Å². The zero-order valence-corrected chi connectivity index (χ0v) is 51.9. The summed E-state index contributed by atoms with van der Waals surface area (Å²) in [5.41, 5.74) is 0. The van der Waals surface area contributed by atoms with Gasteiger partial charge in [0.2, 0.25) is 0 Å². The lowest BCUT2D eigenvalue weighted by atomic mass is 10.0. The fourth-order valence-electron chi connectivity index (χ4n) is 9.88. The summed E-state index contributed by atoms with van der Waals surface area (Å²) in [5, 5.41) is 0. The van der Waals surface area contributed by atoms with Gasteiger partial charge in [0.15, 0.2) is 6.10 Å². The van der Waals surface area contributed by atoms with Crippen LogP contribution in [0.25, 0.3) is 0 Å². The van der Waals surface area contributed by atoms with E-state index in [-0.39, 0.29) is 31.1 Å². The largest absolute Gasteiger partial charge is 0.462 e. The van der Waals surface area contributed by atoms with Crippen LogP contribution < -0.4 is 0 Å². The van der Waals surface area contributed by atoms with Gasteiger partial charge in [-0.1, -0.05) is 312 Å². The van der Waals surface area contributed by atoms with Crippen molar-refractivity contribution in [1.29, 1.82) is 0 Å². The minimum absolute atomic E-state index is 0.0733.